The molecule has 1 aromatic heterocycles. The largest absolute Gasteiger partial charge is 0.516 e. The number of benzene rings is 1. The van der Waals surface area contributed by atoms with E-state index in [0.717, 1.165) is 19.0 Å². The summed E-state index contributed by atoms with van der Waals surface area (Å²) in [6.45, 7) is 3.06. The summed E-state index contributed by atoms with van der Waals surface area (Å²) in [4.78, 5) is 30.4. The van der Waals surface area contributed by atoms with Gasteiger partial charge in [0.25, 0.3) is 0 Å². The van der Waals surface area contributed by atoms with Gasteiger partial charge in [-0.3, -0.25) is 10.3 Å². The van der Waals surface area contributed by atoms with Gasteiger partial charge in [-0.25, -0.2) is 19.0 Å². The predicted octanol–water partition coefficient (Wildman–Crippen LogP) is 3.25. The maximum atomic E-state index is 15.0. The van der Waals surface area contributed by atoms with Crippen LogP contribution < -0.4 is 26.2 Å². The van der Waals surface area contributed by atoms with Crippen molar-refractivity contribution in [2.75, 3.05) is 36.0 Å². The van der Waals surface area contributed by atoms with Crippen molar-refractivity contribution in [2.24, 2.45) is 5.73 Å². The van der Waals surface area contributed by atoms with Crippen LogP contribution in [0.1, 0.15) is 13.3 Å². The summed E-state index contributed by atoms with van der Waals surface area (Å²) < 4.78 is 20.5. The van der Waals surface area contributed by atoms with Gasteiger partial charge in [-0.05, 0) is 42.8 Å². The highest BCUT2D eigenvalue weighted by Crippen LogP contribution is 2.29. The highest BCUT2D eigenvalue weighted by Gasteiger charge is 2.32. The molecule has 1 aromatic carbocycles. The molecule has 12 heteroatoms. The molecule has 3 amide bonds. The van der Waals surface area contributed by atoms with Crippen molar-refractivity contribution in [3.05, 3.63) is 66.5 Å². The Labute approximate surface area is 213 Å². The Balaban J connectivity index is 1.66. The maximum absolute atomic E-state index is 15.0. The van der Waals surface area contributed by atoms with Crippen molar-refractivity contribution in [2.45, 2.75) is 19.4 Å². The number of nitrogens with one attached hydrogen (secondary N) is 3. The molecule has 0 spiro atoms. The van der Waals surface area contributed by atoms with E-state index in [-0.39, 0.29) is 13.1 Å². The van der Waals surface area contributed by atoms with Crippen molar-refractivity contribution < 1.29 is 23.8 Å². The van der Waals surface area contributed by atoms with Crippen LogP contribution in [-0.2, 0) is 4.74 Å². The van der Waals surface area contributed by atoms with E-state index in [9.17, 15) is 9.59 Å². The number of ether oxygens (including phenoxy) is 1. The molecule has 1 aliphatic heterocycles. The summed E-state index contributed by atoms with van der Waals surface area (Å²) in [5, 5.41) is 22.1. The number of amides is 3. The number of pyridine rings is 1. The lowest BCUT2D eigenvalue weighted by Gasteiger charge is -2.18. The fourth-order valence-corrected chi connectivity index (χ4v) is 3.74. The topological polar surface area (TPSA) is 157 Å². The maximum Gasteiger partial charge on any atom is 0.414 e. The molecule has 196 valence electrons. The number of nitrogens with two attached hydrogens (primary N) is 1. The molecular formula is C25H30FN7O4. The Morgan fingerprint density at radius 1 is 1.38 bits per heavy atom. The van der Waals surface area contributed by atoms with E-state index in [1.807, 2.05) is 13.0 Å². The van der Waals surface area contributed by atoms with Crippen LogP contribution in [0.5, 0.6) is 0 Å². The minimum absolute atomic E-state index is 0.233. The zero-order chi connectivity index (χ0) is 26.8. The number of carbonyl (C=O) groups is 2. The number of halogens is 1. The lowest BCUT2D eigenvalue weighted by molar-refractivity contribution is 0.142. The number of nitrogens with zero attached hydrogens (tertiary/aromatic N) is 3. The molecule has 0 aliphatic carbocycles. The Morgan fingerprint density at radius 2 is 2.19 bits per heavy atom. The Kier molecular flexibility index (Phi) is 9.41. The Morgan fingerprint density at radius 3 is 2.81 bits per heavy atom. The van der Waals surface area contributed by atoms with Crippen molar-refractivity contribution in [1.29, 1.82) is 5.41 Å². The molecule has 2 heterocycles. The van der Waals surface area contributed by atoms with Gasteiger partial charge in [0.1, 0.15) is 17.7 Å². The minimum Gasteiger partial charge on any atom is -0.516 e. The van der Waals surface area contributed by atoms with Crippen LogP contribution in [0.4, 0.5) is 25.5 Å². The van der Waals surface area contributed by atoms with Crippen LogP contribution in [-0.4, -0.2) is 60.8 Å². The number of hydrogen-bond acceptors (Lipinski definition) is 7. The molecule has 1 atom stereocenters. The monoisotopic (exact) mass is 511 g/mol. The molecule has 1 fully saturated rings. The van der Waals surface area contributed by atoms with Crippen LogP contribution in [0.3, 0.4) is 0 Å². The van der Waals surface area contributed by atoms with Gasteiger partial charge < -0.3 is 31.1 Å². The molecule has 6 N–H and O–H groups in total. The third-order valence-corrected chi connectivity index (χ3v) is 5.51. The third-order valence-electron chi connectivity index (χ3n) is 5.51. The molecule has 2 aromatic rings. The van der Waals surface area contributed by atoms with E-state index in [4.69, 9.17) is 21.0 Å². The summed E-state index contributed by atoms with van der Waals surface area (Å²) in [6, 6.07) is 7.14. The average molecular weight is 512 g/mol. The smallest absolute Gasteiger partial charge is 0.414 e. The molecule has 11 nitrogen and oxygen atoms in total. The van der Waals surface area contributed by atoms with Gasteiger partial charge in [0, 0.05) is 36.1 Å². The number of cyclic esters (lactones) is 1. The van der Waals surface area contributed by atoms with Gasteiger partial charge in [0.15, 0.2) is 0 Å². The van der Waals surface area contributed by atoms with Crippen LogP contribution in [0.2, 0.25) is 0 Å². The number of primary amides is 1. The molecule has 1 unspecified atom stereocenters. The first-order valence-corrected chi connectivity index (χ1v) is 11.7. The van der Waals surface area contributed by atoms with Gasteiger partial charge in [-0.1, -0.05) is 13.0 Å². The van der Waals surface area contributed by atoms with E-state index in [1.54, 1.807) is 24.3 Å². The Bertz CT molecular complexity index is 1170. The van der Waals surface area contributed by atoms with Gasteiger partial charge in [-0.2, -0.15) is 0 Å². The number of aliphatic hydroxyl groups excluding tert-OH is 1. The standard InChI is InChI=1S/C25H30FN7O4/c1-2-3-18(8-11-34)30-14-20-15-33(25(36)37-20)19-5-6-21(22(26)12-19)17-4-7-23(31-13-17)32(16-27)10-9-29-24(28)35/h3-8,11-13,16,20,27,30,34H,2,9-10,14-15H2,1H3,(H3,28,29,35)/b11-8-,18-3+,27-16?. The molecule has 3 rings (SSSR count). The summed E-state index contributed by atoms with van der Waals surface area (Å²) in [5.41, 5.74) is 6.95. The molecule has 1 saturated heterocycles. The lowest BCUT2D eigenvalue weighted by Crippen LogP contribution is -2.37. The number of urea groups is 1. The van der Waals surface area contributed by atoms with E-state index < -0.39 is 24.0 Å². The van der Waals surface area contributed by atoms with Crippen LogP contribution in [0.25, 0.3) is 11.1 Å². The van der Waals surface area contributed by atoms with Crippen molar-refractivity contribution in [1.82, 2.24) is 15.6 Å². The second kappa shape index (κ2) is 12.9. The fraction of sp³-hybridized carbons (Fsp3) is 0.280. The molecule has 0 radical (unpaired) electrons. The first-order valence-electron chi connectivity index (χ1n) is 11.7. The number of aliphatic hydroxyl groups is 1. The first kappa shape index (κ1) is 27.0. The van der Waals surface area contributed by atoms with Crippen LogP contribution in [0, 0.1) is 11.2 Å². The number of rotatable bonds is 12. The number of aromatic nitrogens is 1. The van der Waals surface area contributed by atoms with E-state index in [2.05, 4.69) is 15.6 Å². The summed E-state index contributed by atoms with van der Waals surface area (Å²) in [6.07, 6.45) is 6.64. The second-order valence-corrected chi connectivity index (χ2v) is 8.06. The van der Waals surface area contributed by atoms with E-state index >= 15 is 4.39 Å². The van der Waals surface area contributed by atoms with E-state index in [0.29, 0.717) is 41.4 Å². The first-order chi connectivity index (χ1) is 17.9. The van der Waals surface area contributed by atoms with E-state index in [1.165, 1.54) is 28.1 Å². The number of carbonyl (C=O) groups excluding carboxylic acids is 2. The van der Waals surface area contributed by atoms with Crippen LogP contribution >= 0.6 is 0 Å². The third kappa shape index (κ3) is 7.19. The summed E-state index contributed by atoms with van der Waals surface area (Å²) in [7, 11) is 0. The van der Waals surface area contributed by atoms with Gasteiger partial charge in [0.2, 0.25) is 0 Å². The second-order valence-electron chi connectivity index (χ2n) is 8.06. The van der Waals surface area contributed by atoms with Crippen molar-refractivity contribution in [3.8, 4) is 11.1 Å². The molecule has 37 heavy (non-hydrogen) atoms. The zero-order valence-electron chi connectivity index (χ0n) is 20.4. The van der Waals surface area contributed by atoms with Crippen molar-refractivity contribution in [3.63, 3.8) is 0 Å². The van der Waals surface area contributed by atoms with Gasteiger partial charge in [0.05, 0.1) is 31.4 Å². The Hall–Kier alpha value is -4.61. The van der Waals surface area contributed by atoms with Gasteiger partial charge in [-0.15, -0.1) is 0 Å². The number of anilines is 2. The highest BCUT2D eigenvalue weighted by atomic mass is 19.1. The van der Waals surface area contributed by atoms with Gasteiger partial charge >= 0.3 is 12.1 Å². The molecule has 0 bridgehead atoms. The fourth-order valence-electron chi connectivity index (χ4n) is 3.74. The molecule has 0 saturated carbocycles. The lowest BCUT2D eigenvalue weighted by atomic mass is 10.1. The SMILES string of the molecule is CC/C=C(\C=C/O)NCC1CN(c2ccc(-c3ccc(N(C=N)CCNC(N)=O)nc3)c(F)c2)C(=O)O1. The van der Waals surface area contributed by atoms with Crippen LogP contribution in [0.15, 0.2) is 60.6 Å². The highest BCUT2D eigenvalue weighted by molar-refractivity contribution is 5.90. The average Bonchev–Trinajstić information content (AvgIpc) is 3.26. The summed E-state index contributed by atoms with van der Waals surface area (Å²) in [5.74, 6) is -0.0785. The molecular weight excluding hydrogens is 481 g/mol. The number of allylic oxidation sites excluding steroid dienone is 2. The predicted molar refractivity (Wildman–Crippen MR) is 139 cm³/mol. The zero-order valence-corrected chi connectivity index (χ0v) is 20.4. The van der Waals surface area contributed by atoms with Crippen molar-refractivity contribution >= 4 is 30.0 Å². The minimum atomic E-state index is -0.657. The quantitative estimate of drug-likeness (QED) is 0.127. The normalized spacial score (nSPS) is 15.5. The summed E-state index contributed by atoms with van der Waals surface area (Å²) >= 11 is 0. The number of hydrogen-bond donors (Lipinski definition) is 5. The molecule has 1 aliphatic rings.